The highest BCUT2D eigenvalue weighted by Crippen LogP contribution is 2.34. The third-order valence-corrected chi connectivity index (χ3v) is 5.32. The van der Waals surface area contributed by atoms with Gasteiger partial charge in [-0.3, -0.25) is 4.79 Å². The van der Waals surface area contributed by atoms with Gasteiger partial charge in [-0.1, -0.05) is 0 Å². The first-order valence-electron chi connectivity index (χ1n) is 8.27. The smallest absolute Gasteiger partial charge is 0.341 e. The van der Waals surface area contributed by atoms with E-state index in [1.54, 1.807) is 20.3 Å². The summed E-state index contributed by atoms with van der Waals surface area (Å²) in [7, 11) is 4.45. The fourth-order valence-electron chi connectivity index (χ4n) is 2.58. The van der Waals surface area contributed by atoms with E-state index in [9.17, 15) is 9.59 Å². The molecule has 2 N–H and O–H groups in total. The second-order valence-electron chi connectivity index (χ2n) is 5.90. The lowest BCUT2D eigenvalue weighted by molar-refractivity contribution is -0.114. The van der Waals surface area contributed by atoms with Gasteiger partial charge in [0.05, 0.1) is 33.4 Å². The molecule has 0 fully saturated rings. The van der Waals surface area contributed by atoms with Crippen LogP contribution in [0.5, 0.6) is 11.5 Å². The standard InChI is InChI=1S/C19H24N2O5S/c1-10-7-14(24-4)15(25-5)8-13(10)20-9-16(22)21-18-17(19(23)26-6)11(2)12(3)27-18/h7-8,20H,9H2,1-6H3,(H,21,22). The quantitative estimate of drug-likeness (QED) is 0.701. The average molecular weight is 392 g/mol. The molecule has 1 amide bonds. The molecule has 0 atom stereocenters. The molecule has 0 unspecified atom stereocenters. The van der Waals surface area contributed by atoms with Crippen LogP contribution in [-0.4, -0.2) is 39.8 Å². The summed E-state index contributed by atoms with van der Waals surface area (Å²) in [5.41, 5.74) is 2.88. The van der Waals surface area contributed by atoms with Crippen molar-refractivity contribution >= 4 is 33.9 Å². The van der Waals surface area contributed by atoms with Crippen LogP contribution < -0.4 is 20.1 Å². The minimum atomic E-state index is -0.462. The summed E-state index contributed by atoms with van der Waals surface area (Å²) in [6.07, 6.45) is 0. The number of carbonyl (C=O) groups is 2. The van der Waals surface area contributed by atoms with Crippen molar-refractivity contribution in [3.63, 3.8) is 0 Å². The molecular formula is C19H24N2O5S. The average Bonchev–Trinajstić information content (AvgIpc) is 2.93. The maximum Gasteiger partial charge on any atom is 0.341 e. The van der Waals surface area contributed by atoms with Crippen molar-refractivity contribution in [1.29, 1.82) is 0 Å². The van der Waals surface area contributed by atoms with E-state index < -0.39 is 5.97 Å². The molecule has 0 aliphatic carbocycles. The zero-order chi connectivity index (χ0) is 20.1. The first-order valence-corrected chi connectivity index (χ1v) is 9.08. The molecule has 2 aromatic rings. The van der Waals surface area contributed by atoms with Crippen molar-refractivity contribution in [1.82, 2.24) is 0 Å². The highest BCUT2D eigenvalue weighted by Gasteiger charge is 2.21. The molecule has 0 spiro atoms. The van der Waals surface area contributed by atoms with Crippen LogP contribution >= 0.6 is 11.3 Å². The van der Waals surface area contributed by atoms with Crippen LogP contribution in [-0.2, 0) is 9.53 Å². The Balaban J connectivity index is 2.12. The van der Waals surface area contributed by atoms with E-state index >= 15 is 0 Å². The molecule has 0 aliphatic heterocycles. The van der Waals surface area contributed by atoms with E-state index in [1.165, 1.54) is 18.4 Å². The largest absolute Gasteiger partial charge is 0.493 e. The van der Waals surface area contributed by atoms with Crippen molar-refractivity contribution < 1.29 is 23.8 Å². The van der Waals surface area contributed by atoms with Crippen LogP contribution in [0.4, 0.5) is 10.7 Å². The van der Waals surface area contributed by atoms with Crippen LogP contribution in [0.15, 0.2) is 12.1 Å². The highest BCUT2D eigenvalue weighted by molar-refractivity contribution is 7.16. The lowest BCUT2D eigenvalue weighted by atomic mass is 10.1. The molecule has 146 valence electrons. The number of hydrogen-bond donors (Lipinski definition) is 2. The summed E-state index contributed by atoms with van der Waals surface area (Å²) in [5.74, 6) is 0.465. The van der Waals surface area contributed by atoms with E-state index in [2.05, 4.69) is 10.6 Å². The number of benzene rings is 1. The Morgan fingerprint density at radius 2 is 1.67 bits per heavy atom. The number of aryl methyl sites for hydroxylation is 2. The van der Waals surface area contributed by atoms with Crippen LogP contribution in [0, 0.1) is 20.8 Å². The molecular weight excluding hydrogens is 368 g/mol. The van der Waals surface area contributed by atoms with Crippen LogP contribution in [0.1, 0.15) is 26.4 Å². The third kappa shape index (κ3) is 4.51. The fourth-order valence-corrected chi connectivity index (χ4v) is 3.64. The van der Waals surface area contributed by atoms with E-state index in [4.69, 9.17) is 14.2 Å². The van der Waals surface area contributed by atoms with Gasteiger partial charge in [0, 0.05) is 16.6 Å². The minimum absolute atomic E-state index is 0.0347. The second kappa shape index (κ2) is 8.77. The molecule has 1 heterocycles. The molecule has 1 aromatic carbocycles. The molecule has 0 saturated carbocycles. The molecule has 27 heavy (non-hydrogen) atoms. The number of esters is 1. The Bertz CT molecular complexity index is 860. The van der Waals surface area contributed by atoms with Gasteiger partial charge in [0.1, 0.15) is 5.00 Å². The van der Waals surface area contributed by atoms with Gasteiger partial charge in [-0.2, -0.15) is 0 Å². The normalized spacial score (nSPS) is 10.3. The summed E-state index contributed by atoms with van der Waals surface area (Å²) < 4.78 is 15.4. The van der Waals surface area contributed by atoms with Gasteiger partial charge >= 0.3 is 5.97 Å². The predicted molar refractivity (Wildman–Crippen MR) is 107 cm³/mol. The number of carbonyl (C=O) groups excluding carboxylic acids is 2. The Morgan fingerprint density at radius 1 is 1.04 bits per heavy atom. The lowest BCUT2D eigenvalue weighted by Gasteiger charge is -2.14. The summed E-state index contributed by atoms with van der Waals surface area (Å²) in [5, 5.41) is 6.37. The summed E-state index contributed by atoms with van der Waals surface area (Å²) >= 11 is 1.35. The zero-order valence-corrected chi connectivity index (χ0v) is 17.1. The zero-order valence-electron chi connectivity index (χ0n) is 16.3. The van der Waals surface area contributed by atoms with Crippen LogP contribution in [0.25, 0.3) is 0 Å². The Kier molecular flexibility index (Phi) is 6.68. The van der Waals surface area contributed by atoms with Gasteiger partial charge in [-0.25, -0.2) is 4.79 Å². The van der Waals surface area contributed by atoms with E-state index in [-0.39, 0.29) is 12.5 Å². The minimum Gasteiger partial charge on any atom is -0.493 e. The summed E-state index contributed by atoms with van der Waals surface area (Å²) in [6, 6.07) is 3.61. The van der Waals surface area contributed by atoms with Gasteiger partial charge in [0.2, 0.25) is 5.91 Å². The SMILES string of the molecule is COC(=O)c1c(NC(=O)CNc2cc(OC)c(OC)cc2C)sc(C)c1C. The Hall–Kier alpha value is -2.74. The van der Waals surface area contributed by atoms with Gasteiger partial charge in [-0.05, 0) is 38.0 Å². The highest BCUT2D eigenvalue weighted by atomic mass is 32.1. The van der Waals surface area contributed by atoms with Gasteiger partial charge in [-0.15, -0.1) is 11.3 Å². The molecule has 0 aliphatic rings. The van der Waals surface area contributed by atoms with Crippen molar-refractivity contribution in [2.75, 3.05) is 38.5 Å². The number of rotatable bonds is 7. The maximum absolute atomic E-state index is 12.4. The fraction of sp³-hybridized carbons (Fsp3) is 0.368. The molecule has 0 saturated heterocycles. The number of methoxy groups -OCH3 is 3. The van der Waals surface area contributed by atoms with E-state index in [0.717, 1.165) is 21.7 Å². The van der Waals surface area contributed by atoms with Crippen LogP contribution in [0.2, 0.25) is 0 Å². The number of thiophene rings is 1. The first-order chi connectivity index (χ1) is 12.8. The second-order valence-corrected chi connectivity index (χ2v) is 7.13. The number of ether oxygens (including phenoxy) is 3. The predicted octanol–water partition coefficient (Wildman–Crippen LogP) is 3.53. The van der Waals surface area contributed by atoms with Crippen LogP contribution in [0.3, 0.4) is 0 Å². The van der Waals surface area contributed by atoms with Crippen molar-refractivity contribution in [3.8, 4) is 11.5 Å². The third-order valence-electron chi connectivity index (χ3n) is 4.20. The topological polar surface area (TPSA) is 85.9 Å². The summed E-state index contributed by atoms with van der Waals surface area (Å²) in [4.78, 5) is 25.3. The van der Waals surface area contributed by atoms with Gasteiger partial charge in [0.15, 0.2) is 11.5 Å². The van der Waals surface area contributed by atoms with E-state index in [0.29, 0.717) is 22.1 Å². The molecule has 0 bridgehead atoms. The van der Waals surface area contributed by atoms with Gasteiger partial charge in [0.25, 0.3) is 0 Å². The molecule has 2 rings (SSSR count). The molecule has 1 aromatic heterocycles. The monoisotopic (exact) mass is 392 g/mol. The molecule has 7 nitrogen and oxygen atoms in total. The Morgan fingerprint density at radius 3 is 2.26 bits per heavy atom. The number of anilines is 2. The summed E-state index contributed by atoms with van der Waals surface area (Å²) in [6.45, 7) is 5.67. The van der Waals surface area contributed by atoms with E-state index in [1.807, 2.05) is 26.8 Å². The number of amides is 1. The Labute approximate surface area is 162 Å². The van der Waals surface area contributed by atoms with Gasteiger partial charge < -0.3 is 24.8 Å². The number of nitrogens with one attached hydrogen (secondary N) is 2. The first kappa shape index (κ1) is 20.6. The molecule has 8 heteroatoms. The van der Waals surface area contributed by atoms with Crippen molar-refractivity contribution in [2.24, 2.45) is 0 Å². The van der Waals surface area contributed by atoms with Crippen molar-refractivity contribution in [2.45, 2.75) is 20.8 Å². The lowest BCUT2D eigenvalue weighted by Crippen LogP contribution is -2.22. The number of hydrogen-bond acceptors (Lipinski definition) is 7. The van der Waals surface area contributed by atoms with Crippen molar-refractivity contribution in [3.05, 3.63) is 33.7 Å². The maximum atomic E-state index is 12.4. The molecule has 0 radical (unpaired) electrons.